The zero-order valence-electron chi connectivity index (χ0n) is 12.6. The van der Waals surface area contributed by atoms with Crippen LogP contribution in [-0.4, -0.2) is 48.3 Å². The van der Waals surface area contributed by atoms with Crippen molar-refractivity contribution in [3.63, 3.8) is 0 Å². The minimum Gasteiger partial charge on any atom is -0.356 e. The molecule has 0 fully saturated rings. The molecule has 1 rings (SSSR count). The molecule has 0 atom stereocenters. The molecule has 0 bridgehead atoms. The van der Waals surface area contributed by atoms with E-state index in [0.717, 1.165) is 25.9 Å². The molecule has 1 aromatic heterocycles. The van der Waals surface area contributed by atoms with Gasteiger partial charge in [-0.25, -0.2) is 0 Å². The molecule has 0 saturated carbocycles. The topological polar surface area (TPSA) is 83.3 Å². The first-order valence-electron chi connectivity index (χ1n) is 6.95. The van der Waals surface area contributed by atoms with E-state index in [4.69, 9.17) is 0 Å². The average molecular weight is 408 g/mol. The second-order valence-corrected chi connectivity index (χ2v) is 4.33. The Labute approximate surface area is 143 Å². The first kappa shape index (κ1) is 19.7. The minimum atomic E-state index is -0.0219. The molecule has 7 nitrogen and oxygen atoms in total. The van der Waals surface area contributed by atoms with E-state index in [1.54, 1.807) is 13.2 Å². The number of hydrogen-bond donors (Lipinski definition) is 3. The van der Waals surface area contributed by atoms with Crippen molar-refractivity contribution in [2.24, 2.45) is 4.99 Å². The van der Waals surface area contributed by atoms with Gasteiger partial charge in [0.15, 0.2) is 5.96 Å². The summed E-state index contributed by atoms with van der Waals surface area (Å²) >= 11 is 0. The SMILES string of the molecule is CCCNC(=O)CNC(=NC)NCCCn1cccn1.I. The van der Waals surface area contributed by atoms with E-state index < -0.39 is 0 Å². The van der Waals surface area contributed by atoms with Gasteiger partial charge in [0.05, 0.1) is 6.54 Å². The van der Waals surface area contributed by atoms with Crippen molar-refractivity contribution in [2.45, 2.75) is 26.3 Å². The third kappa shape index (κ3) is 9.27. The molecule has 0 spiro atoms. The molecule has 120 valence electrons. The van der Waals surface area contributed by atoms with Crippen LogP contribution in [0.15, 0.2) is 23.5 Å². The van der Waals surface area contributed by atoms with Crippen LogP contribution in [0, 0.1) is 0 Å². The van der Waals surface area contributed by atoms with Gasteiger partial charge in [0.25, 0.3) is 0 Å². The highest BCUT2D eigenvalue weighted by molar-refractivity contribution is 14.0. The van der Waals surface area contributed by atoms with E-state index >= 15 is 0 Å². The lowest BCUT2D eigenvalue weighted by atomic mass is 10.4. The van der Waals surface area contributed by atoms with Gasteiger partial charge in [-0.05, 0) is 18.9 Å². The second kappa shape index (κ2) is 12.4. The summed E-state index contributed by atoms with van der Waals surface area (Å²) in [5.41, 5.74) is 0. The number of amides is 1. The maximum Gasteiger partial charge on any atom is 0.239 e. The van der Waals surface area contributed by atoms with Crippen molar-refractivity contribution in [3.05, 3.63) is 18.5 Å². The number of nitrogens with one attached hydrogen (secondary N) is 3. The summed E-state index contributed by atoms with van der Waals surface area (Å²) < 4.78 is 1.88. The molecule has 3 N–H and O–H groups in total. The lowest BCUT2D eigenvalue weighted by molar-refractivity contribution is -0.120. The highest BCUT2D eigenvalue weighted by Crippen LogP contribution is 1.87. The summed E-state index contributed by atoms with van der Waals surface area (Å²) in [5.74, 6) is 0.614. The molecule has 0 aliphatic carbocycles. The number of nitrogens with zero attached hydrogens (tertiary/aromatic N) is 3. The smallest absolute Gasteiger partial charge is 0.239 e. The fraction of sp³-hybridized carbons (Fsp3) is 0.615. The summed E-state index contributed by atoms with van der Waals surface area (Å²) in [5, 5.41) is 13.1. The summed E-state index contributed by atoms with van der Waals surface area (Å²) in [6.45, 7) is 4.59. The van der Waals surface area contributed by atoms with Crippen LogP contribution in [0.4, 0.5) is 0 Å². The fourth-order valence-electron chi connectivity index (χ4n) is 1.59. The Balaban J connectivity index is 0.00000400. The standard InChI is InChI=1S/C13H24N6O.HI/c1-3-6-15-12(20)11-17-13(14-2)16-7-4-9-19-10-5-8-18-19;/h5,8,10H,3-4,6-7,9,11H2,1-2H3,(H,15,20)(H2,14,16,17);1H. The second-order valence-electron chi connectivity index (χ2n) is 4.33. The molecule has 0 unspecified atom stereocenters. The first-order valence-corrected chi connectivity index (χ1v) is 6.95. The van der Waals surface area contributed by atoms with E-state index in [2.05, 4.69) is 26.0 Å². The molecule has 1 amide bonds. The summed E-state index contributed by atoms with van der Waals surface area (Å²) in [4.78, 5) is 15.5. The molecular formula is C13H25IN6O. The number of guanidine groups is 1. The number of aromatic nitrogens is 2. The lowest BCUT2D eigenvalue weighted by Crippen LogP contribution is -2.43. The highest BCUT2D eigenvalue weighted by atomic mass is 127. The maximum absolute atomic E-state index is 11.4. The summed E-state index contributed by atoms with van der Waals surface area (Å²) in [7, 11) is 1.69. The Morgan fingerprint density at radius 3 is 2.71 bits per heavy atom. The number of halogens is 1. The van der Waals surface area contributed by atoms with Crippen LogP contribution in [0.25, 0.3) is 0 Å². The predicted molar refractivity (Wildman–Crippen MR) is 94.9 cm³/mol. The van der Waals surface area contributed by atoms with Crippen LogP contribution in [0.2, 0.25) is 0 Å². The first-order chi connectivity index (χ1) is 9.76. The number of hydrogen-bond acceptors (Lipinski definition) is 3. The Morgan fingerprint density at radius 1 is 1.29 bits per heavy atom. The van der Waals surface area contributed by atoms with Crippen molar-refractivity contribution in [3.8, 4) is 0 Å². The van der Waals surface area contributed by atoms with Gasteiger partial charge in [0, 0.05) is 39.1 Å². The lowest BCUT2D eigenvalue weighted by Gasteiger charge is -2.11. The van der Waals surface area contributed by atoms with Gasteiger partial charge in [-0.2, -0.15) is 5.10 Å². The Bertz CT molecular complexity index is 407. The van der Waals surface area contributed by atoms with Crippen LogP contribution >= 0.6 is 24.0 Å². The Morgan fingerprint density at radius 2 is 2.10 bits per heavy atom. The van der Waals surface area contributed by atoms with Gasteiger partial charge in [-0.3, -0.25) is 14.5 Å². The van der Waals surface area contributed by atoms with Crippen LogP contribution in [0.1, 0.15) is 19.8 Å². The molecule has 0 aliphatic heterocycles. The van der Waals surface area contributed by atoms with E-state index in [1.165, 1.54) is 0 Å². The average Bonchev–Trinajstić information content (AvgIpc) is 2.97. The molecule has 21 heavy (non-hydrogen) atoms. The zero-order chi connectivity index (χ0) is 14.6. The van der Waals surface area contributed by atoms with E-state index in [-0.39, 0.29) is 36.4 Å². The molecular weight excluding hydrogens is 383 g/mol. The predicted octanol–water partition coefficient (Wildman–Crippen LogP) is 0.582. The van der Waals surface area contributed by atoms with Crippen molar-refractivity contribution < 1.29 is 4.79 Å². The van der Waals surface area contributed by atoms with E-state index in [0.29, 0.717) is 12.5 Å². The molecule has 0 radical (unpaired) electrons. The van der Waals surface area contributed by atoms with Gasteiger partial charge in [-0.15, -0.1) is 24.0 Å². The van der Waals surface area contributed by atoms with Crippen molar-refractivity contribution in [2.75, 3.05) is 26.7 Å². The largest absolute Gasteiger partial charge is 0.356 e. The fourth-order valence-corrected chi connectivity index (χ4v) is 1.59. The highest BCUT2D eigenvalue weighted by Gasteiger charge is 2.02. The number of carbonyl (C=O) groups excluding carboxylic acids is 1. The number of rotatable bonds is 8. The van der Waals surface area contributed by atoms with Crippen molar-refractivity contribution in [1.82, 2.24) is 25.7 Å². The third-order valence-corrected chi connectivity index (χ3v) is 2.63. The van der Waals surface area contributed by atoms with Crippen molar-refractivity contribution >= 4 is 35.8 Å². The van der Waals surface area contributed by atoms with E-state index in [1.807, 2.05) is 23.9 Å². The summed E-state index contributed by atoms with van der Waals surface area (Å²) in [6.07, 6.45) is 5.57. The van der Waals surface area contributed by atoms with Gasteiger partial charge in [-0.1, -0.05) is 6.92 Å². The third-order valence-electron chi connectivity index (χ3n) is 2.63. The quantitative estimate of drug-likeness (QED) is 0.254. The molecule has 0 saturated heterocycles. The van der Waals surface area contributed by atoms with Crippen LogP contribution in [0.3, 0.4) is 0 Å². The van der Waals surface area contributed by atoms with E-state index in [9.17, 15) is 4.79 Å². The Kier molecular flexibility index (Phi) is 11.6. The van der Waals surface area contributed by atoms with Gasteiger partial charge < -0.3 is 16.0 Å². The van der Waals surface area contributed by atoms with Crippen LogP contribution < -0.4 is 16.0 Å². The van der Waals surface area contributed by atoms with Gasteiger partial charge in [0.2, 0.25) is 5.91 Å². The van der Waals surface area contributed by atoms with Crippen molar-refractivity contribution in [1.29, 1.82) is 0 Å². The Hall–Kier alpha value is -1.32. The number of aliphatic imine (C=N–C) groups is 1. The maximum atomic E-state index is 11.4. The molecule has 0 aromatic carbocycles. The minimum absolute atomic E-state index is 0. The summed E-state index contributed by atoms with van der Waals surface area (Å²) in [6, 6.07) is 1.91. The van der Waals surface area contributed by atoms with Crippen LogP contribution in [0.5, 0.6) is 0 Å². The molecule has 8 heteroatoms. The molecule has 1 heterocycles. The van der Waals surface area contributed by atoms with Gasteiger partial charge in [0.1, 0.15) is 0 Å². The number of carbonyl (C=O) groups is 1. The zero-order valence-corrected chi connectivity index (χ0v) is 15.0. The molecule has 1 aromatic rings. The molecule has 0 aliphatic rings. The van der Waals surface area contributed by atoms with Gasteiger partial charge >= 0.3 is 0 Å². The van der Waals surface area contributed by atoms with Crippen LogP contribution in [-0.2, 0) is 11.3 Å². The normalized spacial score (nSPS) is 10.7. The number of aryl methyl sites for hydroxylation is 1. The monoisotopic (exact) mass is 408 g/mol.